The molecule has 2 nitrogen and oxygen atoms in total. The molecule has 0 amide bonds. The smallest absolute Gasteiger partial charge is 0.311 e. The van der Waals surface area contributed by atoms with Crippen molar-refractivity contribution in [2.45, 2.75) is 103 Å². The van der Waals surface area contributed by atoms with Crippen molar-refractivity contribution in [2.75, 3.05) is 9.80 Å². The van der Waals surface area contributed by atoms with E-state index in [2.05, 4.69) is 65.8 Å². The highest BCUT2D eigenvalue weighted by Gasteiger charge is 2.32. The van der Waals surface area contributed by atoms with E-state index in [9.17, 15) is 26.3 Å². The Morgan fingerprint density at radius 2 is 0.550 bits per heavy atom. The minimum Gasteiger partial charge on any atom is -0.311 e. The average molecular weight is 821 g/mol. The number of hydrogen-bond donors (Lipinski definition) is 0. The minimum atomic E-state index is -4.45. The molecular formula is C52H54F6N2. The topological polar surface area (TPSA) is 6.48 Å². The van der Waals surface area contributed by atoms with Crippen molar-refractivity contribution in [3.8, 4) is 11.1 Å². The first kappa shape index (κ1) is 44.1. The molecule has 0 saturated heterocycles. The summed E-state index contributed by atoms with van der Waals surface area (Å²) in [5.74, 6) is 0. The van der Waals surface area contributed by atoms with Gasteiger partial charge in [-0.2, -0.15) is 26.3 Å². The fourth-order valence-corrected chi connectivity index (χ4v) is 8.28. The molecule has 0 radical (unpaired) electrons. The molecule has 0 saturated carbocycles. The first-order chi connectivity index (χ1) is 28.5. The summed E-state index contributed by atoms with van der Waals surface area (Å²) in [4.78, 5) is 3.91. The van der Waals surface area contributed by atoms with Gasteiger partial charge < -0.3 is 9.80 Å². The first-order valence-electron chi connectivity index (χ1n) is 20.9. The van der Waals surface area contributed by atoms with Crippen LogP contribution in [0, 0.1) is 0 Å². The Hall–Kier alpha value is -5.50. The lowest BCUT2D eigenvalue weighted by Gasteiger charge is -2.30. The van der Waals surface area contributed by atoms with Crippen molar-refractivity contribution in [1.82, 2.24) is 0 Å². The largest absolute Gasteiger partial charge is 0.416 e. The van der Waals surface area contributed by atoms with Crippen molar-refractivity contribution in [3.05, 3.63) is 168 Å². The Kier molecular flexibility index (Phi) is 13.2. The zero-order valence-corrected chi connectivity index (χ0v) is 35.3. The van der Waals surface area contributed by atoms with Gasteiger partial charge in [-0.15, -0.1) is 0 Å². The summed E-state index contributed by atoms with van der Waals surface area (Å²) in [5, 5.41) is 0. The highest BCUT2D eigenvalue weighted by Crippen LogP contribution is 2.42. The Labute approximate surface area is 351 Å². The summed E-state index contributed by atoms with van der Waals surface area (Å²) < 4.78 is 81.3. The molecule has 8 heteroatoms. The molecule has 60 heavy (non-hydrogen) atoms. The van der Waals surface area contributed by atoms with E-state index in [4.69, 9.17) is 0 Å². The van der Waals surface area contributed by atoms with Crippen LogP contribution in [0.4, 0.5) is 60.5 Å². The minimum absolute atomic E-state index is 0.0219. The van der Waals surface area contributed by atoms with E-state index in [-0.39, 0.29) is 10.8 Å². The summed E-state index contributed by atoms with van der Waals surface area (Å²) >= 11 is 0. The Morgan fingerprint density at radius 1 is 0.333 bits per heavy atom. The van der Waals surface area contributed by atoms with E-state index in [1.807, 2.05) is 82.6 Å². The number of anilines is 6. The third-order valence-electron chi connectivity index (χ3n) is 12.3. The van der Waals surface area contributed by atoms with E-state index in [0.717, 1.165) is 96.7 Å². The predicted octanol–water partition coefficient (Wildman–Crippen LogP) is 17.3. The van der Waals surface area contributed by atoms with Gasteiger partial charge >= 0.3 is 12.4 Å². The monoisotopic (exact) mass is 820 g/mol. The molecule has 6 rings (SSSR count). The maximum atomic E-state index is 13.6. The van der Waals surface area contributed by atoms with Gasteiger partial charge in [0.25, 0.3) is 0 Å². The van der Waals surface area contributed by atoms with Crippen molar-refractivity contribution >= 4 is 34.1 Å². The lowest BCUT2D eigenvalue weighted by molar-refractivity contribution is -0.138. The number of benzene rings is 6. The van der Waals surface area contributed by atoms with Crippen LogP contribution < -0.4 is 9.80 Å². The average Bonchev–Trinajstić information content (AvgIpc) is 3.25. The summed E-state index contributed by atoms with van der Waals surface area (Å²) in [6.45, 7) is 13.3. The number of rotatable bonds is 15. The number of hydrogen-bond acceptors (Lipinski definition) is 2. The Bertz CT molecular complexity index is 2110. The van der Waals surface area contributed by atoms with Crippen LogP contribution in [0.25, 0.3) is 11.1 Å². The van der Waals surface area contributed by atoms with Gasteiger partial charge in [0, 0.05) is 34.1 Å². The molecule has 0 aliphatic heterocycles. The molecule has 314 valence electrons. The van der Waals surface area contributed by atoms with Crippen LogP contribution in [-0.2, 0) is 23.2 Å². The molecule has 2 unspecified atom stereocenters. The van der Waals surface area contributed by atoms with Crippen LogP contribution in [0.1, 0.15) is 102 Å². The van der Waals surface area contributed by atoms with Crippen LogP contribution >= 0.6 is 0 Å². The fraction of sp³-hybridized carbons (Fsp3) is 0.308. The van der Waals surface area contributed by atoms with E-state index in [1.54, 1.807) is 0 Å². The summed E-state index contributed by atoms with van der Waals surface area (Å²) in [7, 11) is 0. The standard InChI is InChI=1S/C52H54F6N2/c1-7-35-49(5,9-3)39-15-27-45(28-16-39)59(47-31-19-41(20-32-47)51(53,54)55)43-23-11-37(12-24-43)38-13-25-44(26-14-38)60(48-33-21-42(22-34-48)52(56,57)58)46-29-17-40(18-30-46)50(6,10-4)36-8-2/h11-34H,7-10,35-36H2,1-6H3. The number of alkyl halides is 6. The fourth-order valence-electron chi connectivity index (χ4n) is 8.28. The summed E-state index contributed by atoms with van der Waals surface area (Å²) in [6, 6.07) is 42.8. The third kappa shape index (κ3) is 9.59. The second-order valence-electron chi connectivity index (χ2n) is 16.3. The second kappa shape index (κ2) is 18.0. The lowest BCUT2D eigenvalue weighted by atomic mass is 9.76. The summed E-state index contributed by atoms with van der Waals surface area (Å²) in [6.07, 6.45) is -2.71. The van der Waals surface area contributed by atoms with Crippen LogP contribution in [0.15, 0.2) is 146 Å². The van der Waals surface area contributed by atoms with E-state index in [0.29, 0.717) is 11.4 Å². The maximum Gasteiger partial charge on any atom is 0.416 e. The Balaban J connectivity index is 1.34. The molecule has 0 aromatic heterocycles. The predicted molar refractivity (Wildman–Crippen MR) is 236 cm³/mol. The highest BCUT2D eigenvalue weighted by molar-refractivity contribution is 5.81. The van der Waals surface area contributed by atoms with Crippen molar-refractivity contribution in [3.63, 3.8) is 0 Å². The normalized spacial score (nSPS) is 14.0. The first-order valence-corrected chi connectivity index (χ1v) is 20.9. The Morgan fingerprint density at radius 3 is 0.750 bits per heavy atom. The zero-order chi connectivity index (χ0) is 43.3. The van der Waals surface area contributed by atoms with E-state index >= 15 is 0 Å². The molecule has 0 N–H and O–H groups in total. The van der Waals surface area contributed by atoms with Crippen LogP contribution in [-0.4, -0.2) is 0 Å². The van der Waals surface area contributed by atoms with Crippen LogP contribution in [0.3, 0.4) is 0 Å². The van der Waals surface area contributed by atoms with Gasteiger partial charge in [0.15, 0.2) is 0 Å². The third-order valence-corrected chi connectivity index (χ3v) is 12.3. The number of nitrogens with zero attached hydrogens (tertiary/aromatic N) is 2. The quantitative estimate of drug-likeness (QED) is 0.0952. The zero-order valence-electron chi connectivity index (χ0n) is 35.3. The molecular weight excluding hydrogens is 767 g/mol. The maximum absolute atomic E-state index is 13.6. The van der Waals surface area contributed by atoms with E-state index in [1.165, 1.54) is 35.4 Å². The number of halogens is 6. The molecule has 6 aromatic carbocycles. The molecule has 0 bridgehead atoms. The van der Waals surface area contributed by atoms with Crippen molar-refractivity contribution in [2.24, 2.45) is 0 Å². The van der Waals surface area contributed by atoms with E-state index < -0.39 is 23.5 Å². The molecule has 2 atom stereocenters. The molecule has 0 spiro atoms. The van der Waals surface area contributed by atoms with Gasteiger partial charge in [-0.05, 0) is 156 Å². The molecule has 0 fully saturated rings. The summed E-state index contributed by atoms with van der Waals surface area (Å²) in [5.41, 5.74) is 7.33. The van der Waals surface area contributed by atoms with Gasteiger partial charge in [-0.3, -0.25) is 0 Å². The highest BCUT2D eigenvalue weighted by atomic mass is 19.4. The van der Waals surface area contributed by atoms with Crippen molar-refractivity contribution in [1.29, 1.82) is 0 Å². The van der Waals surface area contributed by atoms with Gasteiger partial charge in [0.1, 0.15) is 0 Å². The second-order valence-corrected chi connectivity index (χ2v) is 16.3. The van der Waals surface area contributed by atoms with Gasteiger partial charge in [0.2, 0.25) is 0 Å². The molecule has 0 aliphatic carbocycles. The van der Waals surface area contributed by atoms with Crippen molar-refractivity contribution < 1.29 is 26.3 Å². The lowest BCUT2D eigenvalue weighted by Crippen LogP contribution is -2.20. The SMILES string of the molecule is CCCC(C)(CC)c1ccc(N(c2ccc(-c3ccc(N(c4ccc(C(F)(F)F)cc4)c4ccc(C(C)(CC)CCC)cc4)cc3)cc2)c2ccc(C(F)(F)F)cc2)cc1. The molecule has 0 heterocycles. The van der Waals surface area contributed by atoms with Gasteiger partial charge in [-0.25, -0.2) is 0 Å². The van der Waals surface area contributed by atoms with Crippen LogP contribution in [0.2, 0.25) is 0 Å². The van der Waals surface area contributed by atoms with Gasteiger partial charge in [-0.1, -0.05) is 103 Å². The molecule has 6 aromatic rings. The van der Waals surface area contributed by atoms with Crippen LogP contribution in [0.5, 0.6) is 0 Å². The van der Waals surface area contributed by atoms with Gasteiger partial charge in [0.05, 0.1) is 11.1 Å². The molecule has 0 aliphatic rings.